The Morgan fingerprint density at radius 1 is 1.17 bits per heavy atom. The van der Waals surface area contributed by atoms with Crippen molar-refractivity contribution in [2.75, 3.05) is 5.73 Å². The standard InChI is InChI=1S/C15H13N5O3/c16-12-4-2-9(6-18-12)8-1-3-11-10(5-8)14(15(17)23)19-20(11)7-13(21)22/h1-6H,7H2,(H2,16,18)(H2,17,23)(H,21,22). The van der Waals surface area contributed by atoms with E-state index in [9.17, 15) is 9.59 Å². The molecule has 0 aliphatic heterocycles. The van der Waals surface area contributed by atoms with E-state index in [0.29, 0.717) is 16.7 Å². The van der Waals surface area contributed by atoms with Crippen molar-refractivity contribution in [2.24, 2.45) is 5.73 Å². The number of carbonyl (C=O) groups excluding carboxylic acids is 1. The second kappa shape index (κ2) is 5.41. The summed E-state index contributed by atoms with van der Waals surface area (Å²) >= 11 is 0. The number of aliphatic carboxylic acids is 1. The van der Waals surface area contributed by atoms with Crippen molar-refractivity contribution in [2.45, 2.75) is 6.54 Å². The van der Waals surface area contributed by atoms with E-state index < -0.39 is 11.9 Å². The molecule has 23 heavy (non-hydrogen) atoms. The first-order chi connectivity index (χ1) is 11.0. The zero-order chi connectivity index (χ0) is 16.6. The number of nitrogen functional groups attached to an aromatic ring is 1. The number of hydrogen-bond acceptors (Lipinski definition) is 5. The first-order valence-electron chi connectivity index (χ1n) is 6.70. The number of aromatic nitrogens is 3. The number of amides is 1. The minimum absolute atomic E-state index is 0.0338. The van der Waals surface area contributed by atoms with Gasteiger partial charge in [0.25, 0.3) is 5.91 Å². The molecule has 0 radical (unpaired) electrons. The van der Waals surface area contributed by atoms with Gasteiger partial charge in [-0.1, -0.05) is 6.07 Å². The zero-order valence-corrected chi connectivity index (χ0v) is 11.9. The van der Waals surface area contributed by atoms with Crippen molar-refractivity contribution in [3.05, 3.63) is 42.2 Å². The van der Waals surface area contributed by atoms with Crippen molar-refractivity contribution in [1.29, 1.82) is 0 Å². The normalized spacial score (nSPS) is 10.8. The summed E-state index contributed by atoms with van der Waals surface area (Å²) in [5, 5.41) is 13.4. The molecule has 2 heterocycles. The third-order valence-corrected chi connectivity index (χ3v) is 3.39. The van der Waals surface area contributed by atoms with Crippen LogP contribution >= 0.6 is 0 Å². The number of nitrogens with two attached hydrogens (primary N) is 2. The number of carboxylic acids is 1. The van der Waals surface area contributed by atoms with Gasteiger partial charge in [0, 0.05) is 17.1 Å². The van der Waals surface area contributed by atoms with Gasteiger partial charge in [0.15, 0.2) is 5.69 Å². The maximum atomic E-state index is 11.6. The number of nitrogens with zero attached hydrogens (tertiary/aromatic N) is 3. The van der Waals surface area contributed by atoms with Crippen LogP contribution in [0, 0.1) is 0 Å². The number of carbonyl (C=O) groups is 2. The van der Waals surface area contributed by atoms with E-state index >= 15 is 0 Å². The molecule has 0 unspecified atom stereocenters. The SMILES string of the molecule is NC(=O)c1nn(CC(=O)O)c2ccc(-c3ccc(N)nc3)cc12. The minimum Gasteiger partial charge on any atom is -0.480 e. The monoisotopic (exact) mass is 311 g/mol. The fourth-order valence-corrected chi connectivity index (χ4v) is 2.37. The van der Waals surface area contributed by atoms with Crippen LogP contribution in [0.25, 0.3) is 22.0 Å². The van der Waals surface area contributed by atoms with E-state index in [1.165, 1.54) is 4.68 Å². The van der Waals surface area contributed by atoms with Gasteiger partial charge in [-0.3, -0.25) is 14.3 Å². The molecule has 0 aliphatic carbocycles. The summed E-state index contributed by atoms with van der Waals surface area (Å²) in [6.07, 6.45) is 1.61. The highest BCUT2D eigenvalue weighted by molar-refractivity contribution is 6.05. The molecule has 0 saturated carbocycles. The van der Waals surface area contributed by atoms with Crippen LogP contribution in [0.1, 0.15) is 10.5 Å². The summed E-state index contributed by atoms with van der Waals surface area (Å²) in [7, 11) is 0. The summed E-state index contributed by atoms with van der Waals surface area (Å²) < 4.78 is 1.24. The van der Waals surface area contributed by atoms with Gasteiger partial charge in [0.1, 0.15) is 12.4 Å². The molecular formula is C15H13N5O3. The lowest BCUT2D eigenvalue weighted by Gasteiger charge is -2.03. The largest absolute Gasteiger partial charge is 0.480 e. The maximum Gasteiger partial charge on any atom is 0.325 e. The number of carboxylic acid groups (broad SMARTS) is 1. The smallest absolute Gasteiger partial charge is 0.325 e. The van der Waals surface area contributed by atoms with Crippen LogP contribution < -0.4 is 11.5 Å². The summed E-state index contributed by atoms with van der Waals surface area (Å²) in [5.41, 5.74) is 13.1. The molecule has 0 atom stereocenters. The Labute approximate surface area is 130 Å². The fraction of sp³-hybridized carbons (Fsp3) is 0.0667. The number of anilines is 1. The summed E-state index contributed by atoms with van der Waals surface area (Å²) in [4.78, 5) is 26.5. The Kier molecular flexibility index (Phi) is 3.41. The maximum absolute atomic E-state index is 11.6. The van der Waals surface area contributed by atoms with E-state index in [2.05, 4.69) is 10.1 Å². The molecule has 116 valence electrons. The second-order valence-corrected chi connectivity index (χ2v) is 4.97. The van der Waals surface area contributed by atoms with Gasteiger partial charge in [-0.05, 0) is 29.8 Å². The molecule has 2 aromatic heterocycles. The van der Waals surface area contributed by atoms with Crippen molar-refractivity contribution in [1.82, 2.24) is 14.8 Å². The van der Waals surface area contributed by atoms with Gasteiger partial charge < -0.3 is 16.6 Å². The third-order valence-electron chi connectivity index (χ3n) is 3.39. The van der Waals surface area contributed by atoms with Crippen molar-refractivity contribution in [3.8, 4) is 11.1 Å². The average Bonchev–Trinajstić information content (AvgIpc) is 2.85. The number of fused-ring (bicyclic) bond motifs is 1. The Balaban J connectivity index is 2.18. The van der Waals surface area contributed by atoms with E-state index in [1.807, 2.05) is 0 Å². The topological polar surface area (TPSA) is 137 Å². The lowest BCUT2D eigenvalue weighted by atomic mass is 10.0. The first-order valence-corrected chi connectivity index (χ1v) is 6.70. The Hall–Kier alpha value is -3.42. The molecule has 1 amide bonds. The summed E-state index contributed by atoms with van der Waals surface area (Å²) in [5.74, 6) is -1.37. The van der Waals surface area contributed by atoms with Crippen molar-refractivity contribution in [3.63, 3.8) is 0 Å². The second-order valence-electron chi connectivity index (χ2n) is 4.97. The van der Waals surface area contributed by atoms with E-state index in [0.717, 1.165) is 11.1 Å². The molecule has 0 fully saturated rings. The van der Waals surface area contributed by atoms with Crippen LogP contribution in [0.15, 0.2) is 36.5 Å². The minimum atomic E-state index is -1.06. The fourth-order valence-electron chi connectivity index (χ4n) is 2.37. The van der Waals surface area contributed by atoms with Crippen molar-refractivity contribution >= 4 is 28.6 Å². The highest BCUT2D eigenvalue weighted by atomic mass is 16.4. The average molecular weight is 311 g/mol. The number of benzene rings is 1. The molecule has 0 bridgehead atoms. The van der Waals surface area contributed by atoms with Crippen LogP contribution in [-0.2, 0) is 11.3 Å². The molecule has 0 saturated heterocycles. The van der Waals surface area contributed by atoms with Gasteiger partial charge >= 0.3 is 5.97 Å². The predicted octanol–water partition coefficient (Wildman–Crippen LogP) is 0.864. The zero-order valence-electron chi connectivity index (χ0n) is 11.9. The van der Waals surface area contributed by atoms with Crippen LogP contribution in [0.5, 0.6) is 0 Å². The number of pyridine rings is 1. The summed E-state index contributed by atoms with van der Waals surface area (Å²) in [6.45, 7) is -0.355. The van der Waals surface area contributed by atoms with Gasteiger partial charge in [-0.25, -0.2) is 4.98 Å². The Bertz CT molecular complexity index is 915. The van der Waals surface area contributed by atoms with Crippen LogP contribution in [0.2, 0.25) is 0 Å². The molecule has 0 aliphatic rings. The third kappa shape index (κ3) is 2.69. The number of hydrogen-bond donors (Lipinski definition) is 3. The lowest BCUT2D eigenvalue weighted by Crippen LogP contribution is -2.14. The molecule has 5 N–H and O–H groups in total. The van der Waals surface area contributed by atoms with E-state index in [4.69, 9.17) is 16.6 Å². The van der Waals surface area contributed by atoms with Crippen LogP contribution in [0.4, 0.5) is 5.82 Å². The molecule has 8 heteroatoms. The molecular weight excluding hydrogens is 298 g/mol. The predicted molar refractivity (Wildman–Crippen MR) is 83.5 cm³/mol. The van der Waals surface area contributed by atoms with Gasteiger partial charge in [0.2, 0.25) is 0 Å². The van der Waals surface area contributed by atoms with Crippen LogP contribution in [0.3, 0.4) is 0 Å². The lowest BCUT2D eigenvalue weighted by molar-refractivity contribution is -0.137. The quantitative estimate of drug-likeness (QED) is 0.653. The van der Waals surface area contributed by atoms with Gasteiger partial charge in [0.05, 0.1) is 5.52 Å². The highest BCUT2D eigenvalue weighted by Gasteiger charge is 2.17. The van der Waals surface area contributed by atoms with E-state index in [1.54, 1.807) is 36.5 Å². The van der Waals surface area contributed by atoms with Crippen LogP contribution in [-0.4, -0.2) is 31.7 Å². The molecule has 8 nitrogen and oxygen atoms in total. The van der Waals surface area contributed by atoms with E-state index in [-0.39, 0.29) is 12.2 Å². The Morgan fingerprint density at radius 3 is 2.52 bits per heavy atom. The molecule has 3 aromatic rings. The van der Waals surface area contributed by atoms with Crippen molar-refractivity contribution < 1.29 is 14.7 Å². The molecule has 3 rings (SSSR count). The number of primary amides is 1. The van der Waals surface area contributed by atoms with Gasteiger partial charge in [-0.15, -0.1) is 0 Å². The molecule has 0 spiro atoms. The highest BCUT2D eigenvalue weighted by Crippen LogP contribution is 2.26. The first kappa shape index (κ1) is 14.5. The molecule has 1 aromatic carbocycles. The summed E-state index contributed by atoms with van der Waals surface area (Å²) in [6, 6.07) is 8.69. The number of rotatable bonds is 4. The Morgan fingerprint density at radius 2 is 1.91 bits per heavy atom. The van der Waals surface area contributed by atoms with Gasteiger partial charge in [-0.2, -0.15) is 5.10 Å².